The lowest BCUT2D eigenvalue weighted by Crippen LogP contribution is -2.31. The molecule has 318 valence electrons. The van der Waals surface area contributed by atoms with E-state index in [2.05, 4.69) is 135 Å². The van der Waals surface area contributed by atoms with E-state index in [1.807, 2.05) is 72.5 Å². The molecule has 0 fully saturated rings. The van der Waals surface area contributed by atoms with Gasteiger partial charge < -0.3 is 48.7 Å². The maximum Gasteiger partial charge on any atom is 0.0505 e. The molecule has 9 heteroatoms. The molecule has 2 aliphatic rings. The zero-order valence-corrected chi connectivity index (χ0v) is 34.6. The van der Waals surface area contributed by atoms with Gasteiger partial charge in [-0.1, -0.05) is 41.9 Å². The van der Waals surface area contributed by atoms with Gasteiger partial charge in [0.1, 0.15) is 0 Å². The molecular formula is C48H81N9. The summed E-state index contributed by atoms with van der Waals surface area (Å²) in [6.07, 6.45) is 4.58. The average molecular weight is 784 g/mol. The normalized spacial score (nSPS) is 13.1. The number of hydrogen-bond acceptors (Lipinski definition) is 9. The SMILES string of the molecule is C.C.C.C.CNc1cc(C)c2c(c1)NC(C)(C)C=C2C.CNc1cc(C)cc(N)c1.CNc1cc(C)cc2c1C(C)=CC(C)(C)N2.CNc1cc(N)cc(NC)c1. The van der Waals surface area contributed by atoms with Crippen molar-refractivity contribution in [3.05, 3.63) is 101 Å². The predicted octanol–water partition coefficient (Wildman–Crippen LogP) is 12.8. The minimum atomic E-state index is 0. The molecule has 6 rings (SSSR count). The Morgan fingerprint density at radius 3 is 1.26 bits per heavy atom. The van der Waals surface area contributed by atoms with Gasteiger partial charge in [0.25, 0.3) is 0 Å². The minimum absolute atomic E-state index is 0. The third-order valence-electron chi connectivity index (χ3n) is 8.95. The van der Waals surface area contributed by atoms with Crippen LogP contribution < -0.4 is 48.7 Å². The lowest BCUT2D eigenvalue weighted by molar-refractivity contribution is 0.707. The maximum absolute atomic E-state index is 5.63. The average Bonchev–Trinajstić information content (AvgIpc) is 3.06. The largest absolute Gasteiger partial charge is 0.399 e. The highest BCUT2D eigenvalue weighted by atomic mass is 15.0. The van der Waals surface area contributed by atoms with Crippen molar-refractivity contribution in [1.29, 1.82) is 0 Å². The van der Waals surface area contributed by atoms with E-state index in [1.54, 1.807) is 0 Å². The van der Waals surface area contributed by atoms with Crippen LogP contribution in [0.4, 0.5) is 51.2 Å². The van der Waals surface area contributed by atoms with Crippen molar-refractivity contribution >= 4 is 62.3 Å². The van der Waals surface area contributed by atoms with Crippen LogP contribution in [0, 0.1) is 20.8 Å². The van der Waals surface area contributed by atoms with Crippen molar-refractivity contribution < 1.29 is 0 Å². The second kappa shape index (κ2) is 23.0. The van der Waals surface area contributed by atoms with Gasteiger partial charge in [0.05, 0.1) is 11.1 Å². The Balaban J connectivity index is 0. The molecule has 0 saturated heterocycles. The van der Waals surface area contributed by atoms with Crippen molar-refractivity contribution in [2.24, 2.45) is 0 Å². The Kier molecular flexibility index (Phi) is 21.6. The Labute approximate surface area is 349 Å². The van der Waals surface area contributed by atoms with Crippen LogP contribution >= 0.6 is 0 Å². The van der Waals surface area contributed by atoms with Gasteiger partial charge in [0, 0.05) is 97.6 Å². The highest BCUT2D eigenvalue weighted by Gasteiger charge is 2.25. The lowest BCUT2D eigenvalue weighted by Gasteiger charge is -2.32. The molecule has 2 heterocycles. The van der Waals surface area contributed by atoms with Gasteiger partial charge >= 0.3 is 0 Å². The van der Waals surface area contributed by atoms with Crippen LogP contribution in [0.2, 0.25) is 0 Å². The molecule has 0 radical (unpaired) electrons. The molecule has 0 amide bonds. The predicted molar refractivity (Wildman–Crippen MR) is 266 cm³/mol. The summed E-state index contributed by atoms with van der Waals surface area (Å²) in [6, 6.07) is 20.5. The molecule has 2 aliphatic heterocycles. The molecule has 57 heavy (non-hydrogen) atoms. The van der Waals surface area contributed by atoms with Crippen LogP contribution in [0.5, 0.6) is 0 Å². The number of nitrogens with two attached hydrogens (primary N) is 2. The van der Waals surface area contributed by atoms with E-state index in [-0.39, 0.29) is 40.8 Å². The van der Waals surface area contributed by atoms with Crippen LogP contribution in [0.25, 0.3) is 11.1 Å². The quantitative estimate of drug-likeness (QED) is 0.0906. The van der Waals surface area contributed by atoms with E-state index < -0.39 is 0 Å². The van der Waals surface area contributed by atoms with Crippen molar-refractivity contribution in [1.82, 2.24) is 0 Å². The highest BCUT2D eigenvalue weighted by molar-refractivity contribution is 5.88. The number of rotatable bonds is 5. The fourth-order valence-corrected chi connectivity index (χ4v) is 6.95. The standard InChI is InChI=1S/2C14H20N2.C8H13N3.C8H12N2.4CH4/c1-9-6-11(15-5)7-12-13(9)10(2)8-14(3,4)16-12;1-9-6-11(15-5)13-10(2)8-14(3,4)16-12(13)7-9;1-10-7-3-6(9)4-8(5-7)11-2;1-6-3-7(9)5-8(4-6)10-2;;;;/h2*6-8,15-16H,1-5H3;3-5,10-11H,9H2,1-2H3;3-5,10H,9H2,1-2H3;4*1H4. The number of fused-ring (bicyclic) bond motifs is 2. The van der Waals surface area contributed by atoms with Crippen LogP contribution in [0.1, 0.15) is 99.1 Å². The molecule has 11 N–H and O–H groups in total. The molecule has 9 nitrogen and oxygen atoms in total. The molecule has 0 unspecified atom stereocenters. The third kappa shape index (κ3) is 15.2. The van der Waals surface area contributed by atoms with Gasteiger partial charge in [0.2, 0.25) is 0 Å². The van der Waals surface area contributed by atoms with Crippen LogP contribution in [-0.4, -0.2) is 46.3 Å². The summed E-state index contributed by atoms with van der Waals surface area (Å²) < 4.78 is 0. The molecule has 0 spiro atoms. The van der Waals surface area contributed by atoms with Gasteiger partial charge in [-0.05, 0) is 151 Å². The fourth-order valence-electron chi connectivity index (χ4n) is 6.95. The van der Waals surface area contributed by atoms with E-state index in [1.165, 1.54) is 56.0 Å². The smallest absolute Gasteiger partial charge is 0.0505 e. The summed E-state index contributed by atoms with van der Waals surface area (Å²) in [4.78, 5) is 0. The second-order valence-corrected chi connectivity index (χ2v) is 15.0. The topological polar surface area (TPSA) is 136 Å². The molecule has 0 bridgehead atoms. The lowest BCUT2D eigenvalue weighted by atomic mass is 9.88. The zero-order chi connectivity index (χ0) is 39.7. The summed E-state index contributed by atoms with van der Waals surface area (Å²) in [5.41, 5.74) is 29.9. The summed E-state index contributed by atoms with van der Waals surface area (Å²) in [7, 11) is 9.55. The van der Waals surface area contributed by atoms with E-state index >= 15 is 0 Å². The van der Waals surface area contributed by atoms with Crippen LogP contribution in [0.3, 0.4) is 0 Å². The van der Waals surface area contributed by atoms with Gasteiger partial charge in [-0.3, -0.25) is 0 Å². The van der Waals surface area contributed by atoms with Gasteiger partial charge in [-0.2, -0.15) is 0 Å². The monoisotopic (exact) mass is 784 g/mol. The minimum Gasteiger partial charge on any atom is -0.399 e. The van der Waals surface area contributed by atoms with E-state index in [0.717, 1.165) is 34.1 Å². The molecule has 0 atom stereocenters. The third-order valence-corrected chi connectivity index (χ3v) is 8.95. The first-order valence-electron chi connectivity index (χ1n) is 18.3. The maximum atomic E-state index is 5.63. The van der Waals surface area contributed by atoms with E-state index in [9.17, 15) is 0 Å². The van der Waals surface area contributed by atoms with Crippen molar-refractivity contribution in [3.8, 4) is 0 Å². The number of anilines is 9. The summed E-state index contributed by atoms with van der Waals surface area (Å²) in [5.74, 6) is 0. The number of nitrogen functional groups attached to an aromatic ring is 2. The van der Waals surface area contributed by atoms with Crippen molar-refractivity contribution in [3.63, 3.8) is 0 Å². The molecular weight excluding hydrogens is 703 g/mol. The summed E-state index contributed by atoms with van der Waals surface area (Å²) >= 11 is 0. The Morgan fingerprint density at radius 1 is 0.439 bits per heavy atom. The van der Waals surface area contributed by atoms with Gasteiger partial charge in [0.15, 0.2) is 0 Å². The van der Waals surface area contributed by atoms with Crippen molar-refractivity contribution in [2.45, 2.75) is 103 Å². The number of hydrogen-bond donors (Lipinski definition) is 9. The number of nitrogens with one attached hydrogen (secondary N) is 7. The van der Waals surface area contributed by atoms with Crippen LogP contribution in [-0.2, 0) is 0 Å². The summed E-state index contributed by atoms with van der Waals surface area (Å²) in [5, 5.41) is 22.7. The van der Waals surface area contributed by atoms with Gasteiger partial charge in [-0.25, -0.2) is 0 Å². The Bertz CT molecular complexity index is 1890. The fraction of sp³-hybridized carbons (Fsp3) is 0.417. The van der Waals surface area contributed by atoms with E-state index in [0.29, 0.717) is 0 Å². The molecule has 0 saturated carbocycles. The Hall–Kier alpha value is -5.44. The molecule has 4 aromatic carbocycles. The Morgan fingerprint density at radius 2 is 0.825 bits per heavy atom. The number of aryl methyl sites for hydroxylation is 3. The van der Waals surface area contributed by atoms with Crippen LogP contribution in [0.15, 0.2) is 72.8 Å². The molecule has 4 aromatic rings. The van der Waals surface area contributed by atoms with Crippen molar-refractivity contribution in [2.75, 3.05) is 83.9 Å². The van der Waals surface area contributed by atoms with E-state index in [4.69, 9.17) is 11.5 Å². The highest BCUT2D eigenvalue weighted by Crippen LogP contribution is 2.39. The summed E-state index contributed by atoms with van der Waals surface area (Å²) in [6.45, 7) is 19.5. The molecule has 0 aliphatic carbocycles. The zero-order valence-electron chi connectivity index (χ0n) is 34.6. The first kappa shape index (κ1) is 53.7. The first-order chi connectivity index (χ1) is 24.8. The number of allylic oxidation sites excluding steroid dienone is 2. The molecule has 0 aromatic heterocycles. The second-order valence-electron chi connectivity index (χ2n) is 15.0. The number of benzene rings is 4. The first-order valence-corrected chi connectivity index (χ1v) is 18.3. The van der Waals surface area contributed by atoms with Gasteiger partial charge in [-0.15, -0.1) is 0 Å².